The van der Waals surface area contributed by atoms with E-state index in [0.29, 0.717) is 0 Å². The molecule has 25 atom stereocenters. The molecule has 5 rings (SSSR count). The Morgan fingerprint density at radius 1 is 0.333 bits per heavy atom. The van der Waals surface area contributed by atoms with Crippen LogP contribution in [0.4, 0.5) is 0 Å². The maximum Gasteiger partial charge on any atom is 0.187 e. The molecular formula is C30H52O24. The molecule has 24 nitrogen and oxygen atoms in total. The lowest BCUT2D eigenvalue weighted by atomic mass is 9.95. The van der Waals surface area contributed by atoms with Crippen molar-refractivity contribution in [1.82, 2.24) is 0 Å². The molecule has 0 unspecified atom stereocenters. The van der Waals surface area contributed by atoms with Gasteiger partial charge in [-0.25, -0.2) is 0 Å². The van der Waals surface area contributed by atoms with Crippen LogP contribution in [-0.4, -0.2) is 250 Å². The zero-order chi connectivity index (χ0) is 39.9. The van der Waals surface area contributed by atoms with Crippen molar-refractivity contribution in [2.24, 2.45) is 0 Å². The van der Waals surface area contributed by atoms with E-state index in [1.54, 1.807) is 0 Å². The highest BCUT2D eigenvalue weighted by molar-refractivity contribution is 4.99. The topological polar surface area (TPSA) is 387 Å². The first-order valence-corrected chi connectivity index (χ1v) is 17.3. The van der Waals surface area contributed by atoms with Crippen LogP contribution in [0.25, 0.3) is 0 Å². The second-order valence-electron chi connectivity index (χ2n) is 13.9. The van der Waals surface area contributed by atoms with Gasteiger partial charge in [0.05, 0.1) is 32.0 Å². The average Bonchev–Trinajstić information content (AvgIpc) is 3.15. The van der Waals surface area contributed by atoms with E-state index in [1.165, 1.54) is 13.8 Å². The summed E-state index contributed by atoms with van der Waals surface area (Å²) in [5, 5.41) is 157. The van der Waals surface area contributed by atoms with E-state index in [0.717, 1.165) is 0 Å². The Hall–Kier alpha value is -0.960. The van der Waals surface area contributed by atoms with Crippen molar-refractivity contribution in [1.29, 1.82) is 0 Å². The summed E-state index contributed by atoms with van der Waals surface area (Å²) in [5.41, 5.74) is 0. The van der Waals surface area contributed by atoms with Crippen LogP contribution in [0.15, 0.2) is 0 Å². The summed E-state index contributed by atoms with van der Waals surface area (Å²) < 4.78 is 50.4. The van der Waals surface area contributed by atoms with Gasteiger partial charge in [-0.2, -0.15) is 0 Å². The maximum absolute atomic E-state index is 11.6. The number of ether oxygens (including phenoxy) is 9. The number of rotatable bonds is 11. The maximum atomic E-state index is 11.6. The zero-order valence-electron chi connectivity index (χ0n) is 28.9. The Morgan fingerprint density at radius 2 is 0.667 bits per heavy atom. The van der Waals surface area contributed by atoms with Gasteiger partial charge in [0.2, 0.25) is 0 Å². The second kappa shape index (κ2) is 18.3. The summed E-state index contributed by atoms with van der Waals surface area (Å²) in [6.45, 7) is -0.0438. The van der Waals surface area contributed by atoms with E-state index in [9.17, 15) is 76.6 Å². The van der Waals surface area contributed by atoms with Gasteiger partial charge in [0.1, 0.15) is 110 Å². The highest BCUT2D eigenvalue weighted by atomic mass is 16.8. The molecule has 316 valence electrons. The first-order valence-electron chi connectivity index (χ1n) is 17.3. The van der Waals surface area contributed by atoms with Gasteiger partial charge in [0, 0.05) is 0 Å². The summed E-state index contributed by atoms with van der Waals surface area (Å²) in [4.78, 5) is 0. The van der Waals surface area contributed by atoms with Crippen LogP contribution >= 0.6 is 0 Å². The Labute approximate surface area is 306 Å². The monoisotopic (exact) mass is 796 g/mol. The molecule has 5 heterocycles. The van der Waals surface area contributed by atoms with Crippen LogP contribution in [0.2, 0.25) is 0 Å². The van der Waals surface area contributed by atoms with Gasteiger partial charge in [-0.15, -0.1) is 0 Å². The van der Waals surface area contributed by atoms with Crippen LogP contribution in [0.5, 0.6) is 0 Å². The molecule has 0 aromatic heterocycles. The fourth-order valence-electron chi connectivity index (χ4n) is 6.91. The molecule has 0 aromatic rings. The van der Waals surface area contributed by atoms with Crippen molar-refractivity contribution in [2.75, 3.05) is 19.8 Å². The van der Waals surface area contributed by atoms with E-state index < -0.39 is 173 Å². The number of hydrogen-bond acceptors (Lipinski definition) is 24. The van der Waals surface area contributed by atoms with Gasteiger partial charge in [-0.1, -0.05) is 0 Å². The molecule has 5 aliphatic heterocycles. The molecule has 0 amide bonds. The normalized spacial score (nSPS) is 54.7. The molecule has 5 saturated heterocycles. The Morgan fingerprint density at radius 3 is 1.13 bits per heavy atom. The van der Waals surface area contributed by atoms with Crippen LogP contribution in [0.1, 0.15) is 13.8 Å². The Balaban J connectivity index is 1.38. The molecule has 5 fully saturated rings. The largest absolute Gasteiger partial charge is 0.394 e. The third kappa shape index (κ3) is 8.72. The van der Waals surface area contributed by atoms with Crippen LogP contribution < -0.4 is 0 Å². The number of aliphatic hydroxyl groups is 15. The lowest BCUT2D eigenvalue weighted by Gasteiger charge is -2.50. The van der Waals surface area contributed by atoms with Gasteiger partial charge >= 0.3 is 0 Å². The molecule has 15 N–H and O–H groups in total. The number of hydrogen-bond donors (Lipinski definition) is 15. The minimum absolute atomic E-state index is 0.836. The molecule has 0 saturated carbocycles. The lowest BCUT2D eigenvalue weighted by Crippen LogP contribution is -2.68. The Bertz CT molecular complexity index is 1170. The summed E-state index contributed by atoms with van der Waals surface area (Å²) in [7, 11) is 0. The summed E-state index contributed by atoms with van der Waals surface area (Å²) in [6.07, 6.45) is -43.7. The van der Waals surface area contributed by atoms with E-state index in [1.807, 2.05) is 0 Å². The van der Waals surface area contributed by atoms with Gasteiger partial charge in [0.25, 0.3) is 0 Å². The lowest BCUT2D eigenvalue weighted by molar-refractivity contribution is -0.401. The van der Waals surface area contributed by atoms with Crippen LogP contribution in [0.3, 0.4) is 0 Å². The SMILES string of the molecule is C[C@@H]1O[C@@H](O[C@@H]2[C@@H](O)[C@@H](O[C@@H]3[C@H](O)[C@@H](O)[C@H](O[C@H]4[C@H](O)[C@@H](O)[C@H](O)O[C@@H]4CO)O[C@@H]3CO)O[C@H](CO)[C@@H]2O[C@@H]2O[C@@H](C)[C@@H](O)[C@@H](O)[C@@H]2O)[C@H](O)[C@H](O)[C@H]1O. The number of aliphatic hydroxyl groups excluding tert-OH is 15. The van der Waals surface area contributed by atoms with Crippen molar-refractivity contribution in [3.8, 4) is 0 Å². The van der Waals surface area contributed by atoms with Gasteiger partial charge in [-0.3, -0.25) is 0 Å². The highest BCUT2D eigenvalue weighted by Crippen LogP contribution is 2.36. The van der Waals surface area contributed by atoms with Crippen molar-refractivity contribution >= 4 is 0 Å². The minimum Gasteiger partial charge on any atom is -0.394 e. The first kappa shape index (κ1) is 44.1. The fourth-order valence-corrected chi connectivity index (χ4v) is 6.91. The molecule has 0 spiro atoms. The third-order valence-electron chi connectivity index (χ3n) is 10.2. The quantitative estimate of drug-likeness (QED) is 0.0923. The molecule has 0 aromatic carbocycles. The highest BCUT2D eigenvalue weighted by Gasteiger charge is 2.57. The predicted octanol–water partition coefficient (Wildman–Crippen LogP) is -9.87. The molecule has 0 radical (unpaired) electrons. The minimum atomic E-state index is -2.09. The van der Waals surface area contributed by atoms with E-state index >= 15 is 0 Å². The van der Waals surface area contributed by atoms with Crippen molar-refractivity contribution < 1.29 is 119 Å². The van der Waals surface area contributed by atoms with Gasteiger partial charge < -0.3 is 119 Å². The summed E-state index contributed by atoms with van der Waals surface area (Å²) in [5.74, 6) is 0. The van der Waals surface area contributed by atoms with Gasteiger partial charge in [-0.05, 0) is 13.8 Å². The standard InChI is InChI=1S/C30H52O24/c1-6-11(34)13(36)18(41)27(46-6)53-24-10(5-33)50-30(21(44)25(24)54-28-19(42)14(37)12(35)7(2)47-28)52-23-9(4-32)49-29(20(43)16(23)39)51-22-8(3-31)48-26(45)17(40)15(22)38/h6-45H,3-5H2,1-2H3/t6-,7-,8+,9+,10+,11+,12-,13+,14+,15+,16+,17+,18-,19+,20+,21+,22+,23-,24-,25+,26+,27-,28-,29-,30+/m0/s1. The molecule has 0 bridgehead atoms. The molecule has 5 aliphatic rings. The Kier molecular flexibility index (Phi) is 15.0. The molecule has 0 aliphatic carbocycles. The predicted molar refractivity (Wildman–Crippen MR) is 164 cm³/mol. The van der Waals surface area contributed by atoms with Crippen molar-refractivity contribution in [3.05, 3.63) is 0 Å². The van der Waals surface area contributed by atoms with Crippen molar-refractivity contribution in [3.63, 3.8) is 0 Å². The second-order valence-corrected chi connectivity index (χ2v) is 13.9. The van der Waals surface area contributed by atoms with Gasteiger partial charge in [0.15, 0.2) is 31.5 Å². The van der Waals surface area contributed by atoms with E-state index in [-0.39, 0.29) is 0 Å². The summed E-state index contributed by atoms with van der Waals surface area (Å²) in [6, 6.07) is 0. The molecular weight excluding hydrogens is 744 g/mol. The third-order valence-corrected chi connectivity index (χ3v) is 10.2. The van der Waals surface area contributed by atoms with E-state index in [2.05, 4.69) is 0 Å². The van der Waals surface area contributed by atoms with Crippen LogP contribution in [-0.2, 0) is 42.6 Å². The van der Waals surface area contributed by atoms with Crippen LogP contribution in [0, 0.1) is 0 Å². The smallest absolute Gasteiger partial charge is 0.187 e. The fraction of sp³-hybridized carbons (Fsp3) is 1.00. The van der Waals surface area contributed by atoms with E-state index in [4.69, 9.17) is 42.6 Å². The van der Waals surface area contributed by atoms with Crippen molar-refractivity contribution in [2.45, 2.75) is 167 Å². The summed E-state index contributed by atoms with van der Waals surface area (Å²) >= 11 is 0. The first-order chi connectivity index (χ1) is 25.4. The average molecular weight is 797 g/mol. The molecule has 24 heteroatoms. The molecule has 54 heavy (non-hydrogen) atoms. The zero-order valence-corrected chi connectivity index (χ0v) is 28.9.